The zero-order chi connectivity index (χ0) is 29.6. The molecule has 214 valence electrons. The Hall–Kier alpha value is -4.30. The van der Waals surface area contributed by atoms with Crippen molar-refractivity contribution in [3.05, 3.63) is 112 Å². The van der Waals surface area contributed by atoms with Gasteiger partial charge in [-0.15, -0.1) is 0 Å². The molecule has 7 nitrogen and oxygen atoms in total. The van der Waals surface area contributed by atoms with Gasteiger partial charge in [-0.3, -0.25) is 9.97 Å². The second kappa shape index (κ2) is 13.1. The van der Waals surface area contributed by atoms with Crippen molar-refractivity contribution in [1.29, 1.82) is 0 Å². The van der Waals surface area contributed by atoms with E-state index in [0.29, 0.717) is 30.3 Å². The Morgan fingerprint density at radius 3 is 2.00 bits per heavy atom. The first-order chi connectivity index (χ1) is 20.4. The van der Waals surface area contributed by atoms with Crippen LogP contribution in [0.1, 0.15) is 51.6 Å². The number of pyridine rings is 2. The Balaban J connectivity index is 0.000000189. The molecule has 5 aromatic rings. The highest BCUT2D eigenvalue weighted by Crippen LogP contribution is 2.34. The summed E-state index contributed by atoms with van der Waals surface area (Å²) in [5, 5.41) is 1.65. The van der Waals surface area contributed by atoms with E-state index in [4.69, 9.17) is 9.47 Å². The molecule has 3 heterocycles. The van der Waals surface area contributed by atoms with E-state index in [-0.39, 0.29) is 11.9 Å². The topological polar surface area (TPSA) is 81.6 Å². The summed E-state index contributed by atoms with van der Waals surface area (Å²) >= 11 is 3.37. The number of carbonyl (C=O) groups is 2. The van der Waals surface area contributed by atoms with Crippen LogP contribution >= 0.6 is 15.9 Å². The lowest BCUT2D eigenvalue weighted by molar-refractivity contribution is 0.0519. The zero-order valence-electron chi connectivity index (χ0n) is 23.8. The van der Waals surface area contributed by atoms with Crippen molar-refractivity contribution < 1.29 is 19.1 Å². The lowest BCUT2D eigenvalue weighted by Crippen LogP contribution is -2.45. The lowest BCUT2D eigenvalue weighted by atomic mass is 9.90. The molecule has 2 aromatic heterocycles. The average molecular weight is 627 g/mol. The number of esters is 2. The molecule has 0 spiro atoms. The number of rotatable bonds is 6. The average Bonchev–Trinajstić information content (AvgIpc) is 2.96. The monoisotopic (exact) mass is 625 g/mol. The van der Waals surface area contributed by atoms with E-state index < -0.39 is 0 Å². The Kier molecular flexibility index (Phi) is 9.12. The number of hydrogen-bond acceptors (Lipinski definition) is 7. The minimum absolute atomic E-state index is 0.293. The largest absolute Gasteiger partial charge is 0.462 e. The van der Waals surface area contributed by atoms with Gasteiger partial charge >= 0.3 is 11.9 Å². The van der Waals surface area contributed by atoms with Crippen LogP contribution in [0.5, 0.6) is 0 Å². The molecule has 0 radical (unpaired) electrons. The molecule has 6 rings (SSSR count). The Bertz CT molecular complexity index is 1750. The highest BCUT2D eigenvalue weighted by Gasteiger charge is 2.28. The molecule has 0 amide bonds. The van der Waals surface area contributed by atoms with Gasteiger partial charge in [-0.25, -0.2) is 9.59 Å². The van der Waals surface area contributed by atoms with Gasteiger partial charge in [-0.2, -0.15) is 0 Å². The van der Waals surface area contributed by atoms with Crippen LogP contribution in [0.15, 0.2) is 89.7 Å². The third-order valence-electron chi connectivity index (χ3n) is 7.18. The number of aromatic nitrogens is 2. The van der Waals surface area contributed by atoms with Crippen molar-refractivity contribution >= 4 is 55.4 Å². The third kappa shape index (κ3) is 6.44. The summed E-state index contributed by atoms with van der Waals surface area (Å²) in [7, 11) is 0. The first-order valence-corrected chi connectivity index (χ1v) is 14.8. The van der Waals surface area contributed by atoms with Gasteiger partial charge in [0.25, 0.3) is 0 Å². The van der Waals surface area contributed by atoms with E-state index in [1.807, 2.05) is 31.2 Å². The normalized spacial score (nSPS) is 12.8. The predicted octanol–water partition coefficient (Wildman–Crippen LogP) is 7.50. The number of ether oxygens (including phenoxy) is 2. The van der Waals surface area contributed by atoms with Gasteiger partial charge in [0, 0.05) is 52.3 Å². The molecule has 0 aliphatic carbocycles. The molecule has 0 saturated carbocycles. The summed E-state index contributed by atoms with van der Waals surface area (Å²) in [5.74, 6) is -0.0460. The van der Waals surface area contributed by atoms with Crippen LogP contribution in [0.3, 0.4) is 0 Å². The van der Waals surface area contributed by atoms with Crippen LogP contribution in [0.2, 0.25) is 0 Å². The third-order valence-corrected chi connectivity index (χ3v) is 7.67. The van der Waals surface area contributed by atoms with Gasteiger partial charge in [0.05, 0.1) is 35.4 Å². The molecule has 42 heavy (non-hydrogen) atoms. The predicted molar refractivity (Wildman–Crippen MR) is 169 cm³/mol. The van der Waals surface area contributed by atoms with Crippen LogP contribution in [0.25, 0.3) is 21.8 Å². The SMILES string of the molecule is CCOC(=O)c1ccnc2ccc(Br)cc12.CCOC(=O)c1ccnc2ccc(N3CC(c4cccc(C)c4)C3)cc12. The molecule has 1 aliphatic heterocycles. The fourth-order valence-corrected chi connectivity index (χ4v) is 5.41. The molecular formula is C34H32BrN3O4. The number of halogens is 1. The Labute approximate surface area is 253 Å². The molecule has 1 aliphatic rings. The van der Waals surface area contributed by atoms with Crippen LogP contribution in [0.4, 0.5) is 5.69 Å². The van der Waals surface area contributed by atoms with Crippen molar-refractivity contribution in [1.82, 2.24) is 9.97 Å². The van der Waals surface area contributed by atoms with Crippen LogP contribution in [-0.2, 0) is 9.47 Å². The number of hydrogen-bond donors (Lipinski definition) is 0. The first kappa shape index (κ1) is 29.2. The van der Waals surface area contributed by atoms with Crippen molar-refractivity contribution in [3.8, 4) is 0 Å². The van der Waals surface area contributed by atoms with E-state index in [1.54, 1.807) is 31.5 Å². The van der Waals surface area contributed by atoms with Gasteiger partial charge < -0.3 is 14.4 Å². The van der Waals surface area contributed by atoms with Crippen molar-refractivity contribution in [2.75, 3.05) is 31.2 Å². The number of anilines is 1. The minimum atomic E-state index is -0.312. The molecule has 0 unspecified atom stereocenters. The maximum atomic E-state index is 12.2. The minimum Gasteiger partial charge on any atom is -0.462 e. The second-order valence-corrected chi connectivity index (χ2v) is 11.0. The van der Waals surface area contributed by atoms with Gasteiger partial charge in [0.2, 0.25) is 0 Å². The number of carbonyl (C=O) groups excluding carboxylic acids is 2. The first-order valence-electron chi connectivity index (χ1n) is 14.0. The number of aryl methyl sites for hydroxylation is 1. The Morgan fingerprint density at radius 2 is 1.40 bits per heavy atom. The molecule has 1 fully saturated rings. The molecule has 0 bridgehead atoms. The summed E-state index contributed by atoms with van der Waals surface area (Å²) in [6.45, 7) is 8.46. The van der Waals surface area contributed by atoms with Crippen molar-refractivity contribution in [2.45, 2.75) is 26.7 Å². The summed E-state index contributed by atoms with van der Waals surface area (Å²) < 4.78 is 11.1. The fraction of sp³-hybridized carbons (Fsp3) is 0.235. The molecule has 0 atom stereocenters. The van der Waals surface area contributed by atoms with Gasteiger partial charge in [0.1, 0.15) is 0 Å². The van der Waals surface area contributed by atoms with Crippen molar-refractivity contribution in [3.63, 3.8) is 0 Å². The molecule has 1 saturated heterocycles. The number of fused-ring (bicyclic) bond motifs is 2. The van der Waals surface area contributed by atoms with Gasteiger partial charge in [-0.05, 0) is 74.9 Å². The van der Waals surface area contributed by atoms with E-state index >= 15 is 0 Å². The Morgan fingerprint density at radius 1 is 0.810 bits per heavy atom. The van der Waals surface area contributed by atoms with E-state index in [1.165, 1.54) is 11.1 Å². The molecule has 0 N–H and O–H groups in total. The van der Waals surface area contributed by atoms with Gasteiger partial charge in [0.15, 0.2) is 0 Å². The second-order valence-electron chi connectivity index (χ2n) is 10.0. The maximum absolute atomic E-state index is 12.2. The number of nitrogens with zero attached hydrogens (tertiary/aromatic N) is 3. The smallest absolute Gasteiger partial charge is 0.338 e. The quantitative estimate of drug-likeness (QED) is 0.181. The highest BCUT2D eigenvalue weighted by atomic mass is 79.9. The fourth-order valence-electron chi connectivity index (χ4n) is 5.05. The standard InChI is InChI=1S/C22H22N2O2.C12H10BrNO2/c1-3-26-22(25)19-9-10-23-21-8-7-18(12-20(19)21)24-13-17(14-24)16-6-4-5-15(2)11-16;1-2-16-12(15)9-5-6-14-11-4-3-8(13)7-10(9)11/h4-12,17H,3,13-14H2,1-2H3;3-7H,2H2,1H3. The molecule has 3 aromatic carbocycles. The summed E-state index contributed by atoms with van der Waals surface area (Å²) in [5.41, 5.74) is 6.55. The zero-order valence-corrected chi connectivity index (χ0v) is 25.4. The van der Waals surface area contributed by atoms with E-state index in [2.05, 4.69) is 74.1 Å². The maximum Gasteiger partial charge on any atom is 0.338 e. The molecular weight excluding hydrogens is 594 g/mol. The van der Waals surface area contributed by atoms with Crippen LogP contribution < -0.4 is 4.90 Å². The molecule has 8 heteroatoms. The summed E-state index contributed by atoms with van der Waals surface area (Å²) in [6, 6.07) is 23.9. The summed E-state index contributed by atoms with van der Waals surface area (Å²) in [4.78, 5) is 34.8. The van der Waals surface area contributed by atoms with Gasteiger partial charge in [-0.1, -0.05) is 45.8 Å². The highest BCUT2D eigenvalue weighted by molar-refractivity contribution is 9.10. The lowest BCUT2D eigenvalue weighted by Gasteiger charge is -2.41. The van der Waals surface area contributed by atoms with E-state index in [9.17, 15) is 9.59 Å². The number of benzene rings is 3. The van der Waals surface area contributed by atoms with Crippen LogP contribution in [0, 0.1) is 6.92 Å². The summed E-state index contributed by atoms with van der Waals surface area (Å²) in [6.07, 6.45) is 3.27. The van der Waals surface area contributed by atoms with E-state index in [0.717, 1.165) is 45.1 Å². The van der Waals surface area contributed by atoms with Crippen LogP contribution in [-0.4, -0.2) is 48.2 Å². The van der Waals surface area contributed by atoms with Crippen molar-refractivity contribution in [2.24, 2.45) is 0 Å².